The first kappa shape index (κ1) is 18.9. The molecule has 2 aromatic carbocycles. The van der Waals surface area contributed by atoms with E-state index in [0.717, 1.165) is 22.5 Å². The SMILES string of the molecule is CN=C(C=C(C)c1cc2c([nH]1)C(c1ccccc1)CNC2=O)c1ccccc1F. The smallest absolute Gasteiger partial charge is 0.253 e. The van der Waals surface area contributed by atoms with Gasteiger partial charge in [-0.3, -0.25) is 9.79 Å². The minimum atomic E-state index is -0.313. The summed E-state index contributed by atoms with van der Waals surface area (Å²) in [5.41, 5.74) is 5.40. The molecule has 0 fully saturated rings. The molecule has 0 bridgehead atoms. The van der Waals surface area contributed by atoms with Crippen LogP contribution in [0.5, 0.6) is 0 Å². The molecule has 146 valence electrons. The number of H-pyrrole nitrogens is 1. The highest BCUT2D eigenvalue weighted by atomic mass is 19.1. The molecule has 0 spiro atoms. The van der Waals surface area contributed by atoms with E-state index in [9.17, 15) is 9.18 Å². The lowest BCUT2D eigenvalue weighted by Crippen LogP contribution is -2.35. The Morgan fingerprint density at radius 1 is 1.14 bits per heavy atom. The molecular formula is C24H22FN3O. The van der Waals surface area contributed by atoms with Crippen molar-refractivity contribution >= 4 is 17.2 Å². The molecule has 3 aromatic rings. The van der Waals surface area contributed by atoms with Gasteiger partial charge in [0.15, 0.2) is 0 Å². The maximum absolute atomic E-state index is 14.2. The van der Waals surface area contributed by atoms with Crippen molar-refractivity contribution in [1.29, 1.82) is 0 Å². The van der Waals surface area contributed by atoms with E-state index in [-0.39, 0.29) is 17.6 Å². The van der Waals surface area contributed by atoms with Gasteiger partial charge in [0.05, 0.1) is 11.3 Å². The van der Waals surface area contributed by atoms with E-state index in [2.05, 4.69) is 27.4 Å². The summed E-state index contributed by atoms with van der Waals surface area (Å²) in [6, 6.07) is 18.5. The topological polar surface area (TPSA) is 57.2 Å². The summed E-state index contributed by atoms with van der Waals surface area (Å²) in [5.74, 6) is -0.330. The maximum Gasteiger partial charge on any atom is 0.253 e. The molecule has 29 heavy (non-hydrogen) atoms. The number of fused-ring (bicyclic) bond motifs is 1. The van der Waals surface area contributed by atoms with Gasteiger partial charge in [-0.25, -0.2) is 4.39 Å². The lowest BCUT2D eigenvalue weighted by Gasteiger charge is -2.23. The first-order valence-electron chi connectivity index (χ1n) is 9.55. The van der Waals surface area contributed by atoms with Gasteiger partial charge in [0.1, 0.15) is 5.82 Å². The normalized spacial score (nSPS) is 17.1. The van der Waals surface area contributed by atoms with E-state index in [1.807, 2.05) is 37.3 Å². The van der Waals surface area contributed by atoms with Crippen LogP contribution in [0.3, 0.4) is 0 Å². The van der Waals surface area contributed by atoms with Gasteiger partial charge in [-0.1, -0.05) is 42.5 Å². The van der Waals surface area contributed by atoms with Crippen LogP contribution in [-0.4, -0.2) is 30.2 Å². The van der Waals surface area contributed by atoms with Gasteiger partial charge in [0.2, 0.25) is 0 Å². The van der Waals surface area contributed by atoms with Crippen LogP contribution < -0.4 is 5.32 Å². The second-order valence-electron chi connectivity index (χ2n) is 7.10. The fourth-order valence-corrected chi connectivity index (χ4v) is 3.72. The third-order valence-corrected chi connectivity index (χ3v) is 5.28. The van der Waals surface area contributed by atoms with Gasteiger partial charge in [-0.05, 0) is 42.3 Å². The van der Waals surface area contributed by atoms with Crippen LogP contribution in [-0.2, 0) is 0 Å². The number of rotatable bonds is 4. The number of aliphatic imine (C=N–C) groups is 1. The number of hydrogen-bond acceptors (Lipinski definition) is 2. The van der Waals surface area contributed by atoms with Gasteiger partial charge in [-0.15, -0.1) is 0 Å². The van der Waals surface area contributed by atoms with Gasteiger partial charge < -0.3 is 10.3 Å². The summed E-state index contributed by atoms with van der Waals surface area (Å²) >= 11 is 0. The van der Waals surface area contributed by atoms with E-state index in [4.69, 9.17) is 0 Å². The minimum absolute atomic E-state index is 0.0660. The molecule has 1 atom stereocenters. The number of halogens is 1. The summed E-state index contributed by atoms with van der Waals surface area (Å²) in [4.78, 5) is 20.1. The number of carbonyl (C=O) groups is 1. The van der Waals surface area contributed by atoms with E-state index in [1.165, 1.54) is 6.07 Å². The van der Waals surface area contributed by atoms with Crippen molar-refractivity contribution < 1.29 is 9.18 Å². The Morgan fingerprint density at radius 3 is 2.59 bits per heavy atom. The zero-order chi connectivity index (χ0) is 20.4. The second kappa shape index (κ2) is 7.87. The summed E-state index contributed by atoms with van der Waals surface area (Å²) in [7, 11) is 1.64. The van der Waals surface area contributed by atoms with Gasteiger partial charge >= 0.3 is 0 Å². The van der Waals surface area contributed by atoms with E-state index in [1.54, 1.807) is 25.2 Å². The third-order valence-electron chi connectivity index (χ3n) is 5.28. The average Bonchev–Trinajstić information content (AvgIpc) is 3.20. The van der Waals surface area contributed by atoms with Crippen molar-refractivity contribution in [3.8, 4) is 0 Å². The average molecular weight is 387 g/mol. The van der Waals surface area contributed by atoms with Crippen LogP contribution in [0.2, 0.25) is 0 Å². The molecule has 2 heterocycles. The predicted molar refractivity (Wildman–Crippen MR) is 114 cm³/mol. The lowest BCUT2D eigenvalue weighted by molar-refractivity contribution is 0.0942. The Hall–Kier alpha value is -3.47. The number of benzene rings is 2. The molecule has 4 nitrogen and oxygen atoms in total. The Kier molecular flexibility index (Phi) is 5.12. The monoisotopic (exact) mass is 387 g/mol. The molecule has 4 rings (SSSR count). The molecule has 2 N–H and O–H groups in total. The highest BCUT2D eigenvalue weighted by molar-refractivity contribution is 6.12. The zero-order valence-corrected chi connectivity index (χ0v) is 16.4. The molecule has 1 aliphatic rings. The Bertz CT molecular complexity index is 1110. The number of nitrogens with one attached hydrogen (secondary N) is 2. The van der Waals surface area contributed by atoms with Gasteiger partial charge in [-0.2, -0.15) is 0 Å². The standard InChI is InChI=1S/C24H22FN3O/c1-15(12-22(26-2)17-10-6-7-11-20(17)25)21-13-18-23(28-21)19(14-27-24(18)29)16-8-4-3-5-9-16/h3-13,19,28H,14H2,1-2H3,(H,27,29). The van der Waals surface area contributed by atoms with Crippen LogP contribution in [0.25, 0.3) is 5.57 Å². The van der Waals surface area contributed by atoms with Crippen molar-refractivity contribution in [3.63, 3.8) is 0 Å². The number of aromatic amines is 1. The molecule has 0 radical (unpaired) electrons. The van der Waals surface area contributed by atoms with E-state index >= 15 is 0 Å². The molecule has 1 aromatic heterocycles. The van der Waals surface area contributed by atoms with Crippen LogP contribution in [0.1, 0.15) is 45.7 Å². The van der Waals surface area contributed by atoms with Crippen molar-refractivity contribution in [3.05, 3.63) is 101 Å². The third kappa shape index (κ3) is 3.63. The number of carbonyl (C=O) groups excluding carboxylic acids is 1. The Morgan fingerprint density at radius 2 is 1.86 bits per heavy atom. The van der Waals surface area contributed by atoms with E-state index in [0.29, 0.717) is 23.4 Å². The fraction of sp³-hybridized carbons (Fsp3) is 0.167. The molecule has 0 aliphatic carbocycles. The summed E-state index contributed by atoms with van der Waals surface area (Å²) in [5, 5.41) is 2.97. The molecule has 1 unspecified atom stereocenters. The van der Waals surface area contributed by atoms with E-state index < -0.39 is 0 Å². The van der Waals surface area contributed by atoms with Crippen molar-refractivity contribution in [1.82, 2.24) is 10.3 Å². The molecule has 1 aliphatic heterocycles. The number of hydrogen-bond donors (Lipinski definition) is 2. The highest BCUT2D eigenvalue weighted by Crippen LogP contribution is 2.31. The van der Waals surface area contributed by atoms with Gasteiger partial charge in [0, 0.05) is 36.5 Å². The van der Waals surface area contributed by atoms with Crippen LogP contribution in [0.15, 0.2) is 71.7 Å². The molecule has 0 saturated heterocycles. The fourth-order valence-electron chi connectivity index (χ4n) is 3.72. The summed E-state index contributed by atoms with van der Waals surface area (Å²) in [6.45, 7) is 2.48. The van der Waals surface area contributed by atoms with Gasteiger partial charge in [0.25, 0.3) is 5.91 Å². The Labute approximate surface area is 169 Å². The predicted octanol–water partition coefficient (Wildman–Crippen LogP) is 4.55. The largest absolute Gasteiger partial charge is 0.357 e. The first-order valence-corrected chi connectivity index (χ1v) is 9.55. The van der Waals surface area contributed by atoms with Crippen LogP contribution >= 0.6 is 0 Å². The minimum Gasteiger partial charge on any atom is -0.357 e. The highest BCUT2D eigenvalue weighted by Gasteiger charge is 2.29. The van der Waals surface area contributed by atoms with Crippen molar-refractivity contribution in [2.24, 2.45) is 4.99 Å². The van der Waals surface area contributed by atoms with Crippen molar-refractivity contribution in [2.45, 2.75) is 12.8 Å². The molecule has 1 amide bonds. The second-order valence-corrected chi connectivity index (χ2v) is 7.10. The van der Waals surface area contributed by atoms with Crippen LogP contribution in [0.4, 0.5) is 4.39 Å². The molecular weight excluding hydrogens is 365 g/mol. The van der Waals surface area contributed by atoms with Crippen LogP contribution in [0, 0.1) is 5.82 Å². The number of nitrogens with zero attached hydrogens (tertiary/aromatic N) is 1. The molecule has 0 saturated carbocycles. The first-order chi connectivity index (χ1) is 14.1. The zero-order valence-electron chi connectivity index (χ0n) is 16.4. The number of amides is 1. The Balaban J connectivity index is 1.72. The summed E-state index contributed by atoms with van der Waals surface area (Å²) in [6.07, 6.45) is 1.84. The quantitative estimate of drug-likeness (QED) is 0.634. The maximum atomic E-state index is 14.2. The number of allylic oxidation sites excluding steroid dienone is 2. The molecule has 5 heteroatoms. The summed E-state index contributed by atoms with van der Waals surface area (Å²) < 4.78 is 14.2. The number of aromatic nitrogens is 1. The lowest BCUT2D eigenvalue weighted by atomic mass is 9.90. The van der Waals surface area contributed by atoms with Crippen molar-refractivity contribution in [2.75, 3.05) is 13.6 Å².